The van der Waals surface area contributed by atoms with Gasteiger partial charge in [0.1, 0.15) is 19.0 Å². The summed E-state index contributed by atoms with van der Waals surface area (Å²) in [5.74, 6) is -0.367. The lowest BCUT2D eigenvalue weighted by atomic mass is 9.75. The van der Waals surface area contributed by atoms with Crippen molar-refractivity contribution < 1.29 is 28.9 Å². The highest BCUT2D eigenvalue weighted by atomic mass is 16.6. The smallest absolute Gasteiger partial charge is 0.418 e. The Balaban J connectivity index is 1.78. The van der Waals surface area contributed by atoms with Crippen molar-refractivity contribution in [2.75, 3.05) is 31.8 Å². The largest absolute Gasteiger partial charge is 0.497 e. The van der Waals surface area contributed by atoms with E-state index in [4.69, 9.17) is 19.3 Å². The molecule has 1 fully saturated rings. The van der Waals surface area contributed by atoms with Gasteiger partial charge in [0.15, 0.2) is 0 Å². The first-order chi connectivity index (χ1) is 15.0. The quantitative estimate of drug-likeness (QED) is 0.605. The molecule has 1 aliphatic carbocycles. The number of nitrogens with zero attached hydrogens (tertiary/aromatic N) is 1. The van der Waals surface area contributed by atoms with Crippen molar-refractivity contribution in [3.05, 3.63) is 54.6 Å². The Labute approximate surface area is 182 Å². The van der Waals surface area contributed by atoms with E-state index < -0.39 is 12.1 Å². The van der Waals surface area contributed by atoms with Crippen molar-refractivity contribution in [2.24, 2.45) is 5.41 Å². The molecule has 0 atom stereocenters. The Morgan fingerprint density at radius 2 is 1.68 bits per heavy atom. The van der Waals surface area contributed by atoms with E-state index in [1.165, 1.54) is 4.90 Å². The van der Waals surface area contributed by atoms with Crippen LogP contribution in [0.5, 0.6) is 5.75 Å². The number of amides is 1. The maximum Gasteiger partial charge on any atom is 0.418 e. The number of carbonyl (C=O) groups is 2. The Bertz CT molecular complexity index is 863. The van der Waals surface area contributed by atoms with Gasteiger partial charge in [0.2, 0.25) is 0 Å². The molecule has 3 rings (SSSR count). The van der Waals surface area contributed by atoms with Crippen LogP contribution in [-0.4, -0.2) is 44.1 Å². The molecule has 0 radical (unpaired) electrons. The van der Waals surface area contributed by atoms with Crippen LogP contribution in [0.4, 0.5) is 16.2 Å². The Kier molecular flexibility index (Phi) is 7.89. The first-order valence-corrected chi connectivity index (χ1v) is 10.5. The second kappa shape index (κ2) is 10.8. The third-order valence-corrected chi connectivity index (χ3v) is 5.56. The number of methoxy groups -OCH3 is 1. The zero-order valence-corrected chi connectivity index (χ0v) is 17.8. The molecule has 1 N–H and O–H groups in total. The summed E-state index contributed by atoms with van der Waals surface area (Å²) in [5.41, 5.74) is 0.955. The van der Waals surface area contributed by atoms with E-state index in [1.807, 2.05) is 48.5 Å². The average Bonchev–Trinajstić information content (AvgIpc) is 2.79. The first kappa shape index (κ1) is 22.6. The number of benzene rings is 2. The number of hydrogen-bond donors (Lipinski definition) is 1. The molecule has 1 saturated carbocycles. The van der Waals surface area contributed by atoms with Gasteiger partial charge in [0.05, 0.1) is 25.1 Å². The molecule has 0 aromatic heterocycles. The van der Waals surface area contributed by atoms with Crippen LogP contribution in [0.1, 0.15) is 32.1 Å². The highest BCUT2D eigenvalue weighted by Gasteiger charge is 2.35. The van der Waals surface area contributed by atoms with Crippen LogP contribution >= 0.6 is 0 Å². The van der Waals surface area contributed by atoms with Gasteiger partial charge in [-0.3, -0.25) is 0 Å². The summed E-state index contributed by atoms with van der Waals surface area (Å²) in [7, 11) is 1.58. The fourth-order valence-electron chi connectivity index (χ4n) is 3.95. The lowest BCUT2D eigenvalue weighted by Gasteiger charge is -2.36. The lowest BCUT2D eigenvalue weighted by molar-refractivity contribution is -0.144. The van der Waals surface area contributed by atoms with Crippen molar-refractivity contribution in [2.45, 2.75) is 32.1 Å². The summed E-state index contributed by atoms with van der Waals surface area (Å²) in [6.07, 6.45) is 4.31. The highest BCUT2D eigenvalue weighted by molar-refractivity contribution is 5.96. The normalized spacial score (nSPS) is 15.1. The topological polar surface area (TPSA) is 85.3 Å². The maximum absolute atomic E-state index is 13.2. The van der Waals surface area contributed by atoms with Crippen LogP contribution in [0, 0.1) is 5.41 Å². The zero-order valence-electron chi connectivity index (χ0n) is 17.8. The predicted octanol–water partition coefficient (Wildman–Crippen LogP) is 5.02. The van der Waals surface area contributed by atoms with Crippen LogP contribution in [0.2, 0.25) is 0 Å². The minimum Gasteiger partial charge on any atom is -0.497 e. The molecule has 0 unspecified atom stereocenters. The van der Waals surface area contributed by atoms with Crippen molar-refractivity contribution in [1.82, 2.24) is 0 Å². The van der Waals surface area contributed by atoms with Gasteiger partial charge in [-0.2, -0.15) is 0 Å². The summed E-state index contributed by atoms with van der Waals surface area (Å²) in [4.78, 5) is 25.6. The SMILES string of the molecule is COc1cccc(N(C(=O)OCC2(COCC(=O)O)CCCCC2)c2ccccc2)c1. The third kappa shape index (κ3) is 6.21. The molecule has 1 amide bonds. The van der Waals surface area contributed by atoms with E-state index in [1.54, 1.807) is 13.2 Å². The minimum atomic E-state index is -1.00. The second-order valence-electron chi connectivity index (χ2n) is 7.87. The third-order valence-electron chi connectivity index (χ3n) is 5.56. The standard InChI is InChI=1S/C24H29NO6/c1-29-21-12-8-11-20(15-21)25(19-9-4-2-5-10-19)23(28)31-18-24(13-6-3-7-14-24)17-30-16-22(26)27/h2,4-5,8-12,15H,3,6-7,13-14,16-18H2,1H3,(H,26,27). The molecule has 1 aliphatic rings. The lowest BCUT2D eigenvalue weighted by Crippen LogP contribution is -2.38. The number of anilines is 2. The van der Waals surface area contributed by atoms with Gasteiger partial charge < -0.3 is 19.3 Å². The van der Waals surface area contributed by atoms with Crippen molar-refractivity contribution in [3.8, 4) is 5.75 Å². The minimum absolute atomic E-state index is 0.179. The van der Waals surface area contributed by atoms with E-state index in [0.29, 0.717) is 17.1 Å². The van der Waals surface area contributed by atoms with Crippen molar-refractivity contribution in [1.29, 1.82) is 0 Å². The molecular formula is C24H29NO6. The number of hydrogen-bond acceptors (Lipinski definition) is 5. The number of carboxylic acids is 1. The molecule has 0 bridgehead atoms. The molecule has 2 aromatic carbocycles. The Morgan fingerprint density at radius 3 is 2.35 bits per heavy atom. The Hall–Kier alpha value is -3.06. The number of para-hydroxylation sites is 1. The van der Waals surface area contributed by atoms with Crippen LogP contribution in [0.15, 0.2) is 54.6 Å². The van der Waals surface area contributed by atoms with Gasteiger partial charge in [-0.1, -0.05) is 43.5 Å². The molecule has 0 saturated heterocycles. The van der Waals surface area contributed by atoms with E-state index in [-0.39, 0.29) is 25.2 Å². The summed E-state index contributed by atoms with van der Waals surface area (Å²) in [6.45, 7) is 0.0888. The zero-order chi connectivity index (χ0) is 22.1. The predicted molar refractivity (Wildman–Crippen MR) is 117 cm³/mol. The first-order valence-electron chi connectivity index (χ1n) is 10.5. The number of aliphatic carboxylic acids is 1. The molecule has 0 aliphatic heterocycles. The molecule has 0 spiro atoms. The van der Waals surface area contributed by atoms with Crippen LogP contribution in [0.3, 0.4) is 0 Å². The molecule has 7 heteroatoms. The summed E-state index contributed by atoms with van der Waals surface area (Å²) < 4.78 is 16.5. The number of carboxylic acid groups (broad SMARTS) is 1. The molecule has 2 aromatic rings. The molecular weight excluding hydrogens is 398 g/mol. The second-order valence-corrected chi connectivity index (χ2v) is 7.87. The molecule has 0 heterocycles. The summed E-state index contributed by atoms with van der Waals surface area (Å²) in [6, 6.07) is 16.5. The van der Waals surface area contributed by atoms with E-state index in [2.05, 4.69) is 0 Å². The number of rotatable bonds is 9. The fourth-order valence-corrected chi connectivity index (χ4v) is 3.95. The van der Waals surface area contributed by atoms with Gasteiger partial charge in [-0.25, -0.2) is 14.5 Å². The summed E-state index contributed by atoms with van der Waals surface area (Å²) in [5, 5.41) is 8.89. The Morgan fingerprint density at radius 1 is 0.968 bits per heavy atom. The number of carbonyl (C=O) groups excluding carboxylic acids is 1. The summed E-state index contributed by atoms with van der Waals surface area (Å²) >= 11 is 0. The van der Waals surface area contributed by atoms with Crippen LogP contribution < -0.4 is 9.64 Å². The van der Waals surface area contributed by atoms with Gasteiger partial charge in [-0.15, -0.1) is 0 Å². The van der Waals surface area contributed by atoms with E-state index in [9.17, 15) is 9.59 Å². The monoisotopic (exact) mass is 427 g/mol. The van der Waals surface area contributed by atoms with Crippen molar-refractivity contribution in [3.63, 3.8) is 0 Å². The van der Waals surface area contributed by atoms with Gasteiger partial charge in [-0.05, 0) is 37.1 Å². The maximum atomic E-state index is 13.2. The van der Waals surface area contributed by atoms with Gasteiger partial charge in [0, 0.05) is 11.5 Å². The van der Waals surface area contributed by atoms with E-state index in [0.717, 1.165) is 32.1 Å². The van der Waals surface area contributed by atoms with Crippen LogP contribution in [0.25, 0.3) is 0 Å². The van der Waals surface area contributed by atoms with E-state index >= 15 is 0 Å². The van der Waals surface area contributed by atoms with Crippen molar-refractivity contribution >= 4 is 23.4 Å². The highest BCUT2D eigenvalue weighted by Crippen LogP contribution is 2.38. The molecule has 166 valence electrons. The molecule has 7 nitrogen and oxygen atoms in total. The molecule has 31 heavy (non-hydrogen) atoms. The van der Waals surface area contributed by atoms with Gasteiger partial charge >= 0.3 is 12.1 Å². The number of ether oxygens (including phenoxy) is 3. The van der Waals surface area contributed by atoms with Gasteiger partial charge in [0.25, 0.3) is 0 Å². The average molecular weight is 427 g/mol. The fraction of sp³-hybridized carbons (Fsp3) is 0.417. The van der Waals surface area contributed by atoms with Crippen LogP contribution in [-0.2, 0) is 14.3 Å².